The molecule has 2 heterocycles. The van der Waals surface area contributed by atoms with Crippen molar-refractivity contribution in [3.8, 4) is 5.75 Å². The Morgan fingerprint density at radius 3 is 2.33 bits per heavy atom. The van der Waals surface area contributed by atoms with Gasteiger partial charge in [-0.25, -0.2) is 5.06 Å². The van der Waals surface area contributed by atoms with E-state index in [-0.39, 0.29) is 31.2 Å². The van der Waals surface area contributed by atoms with E-state index in [0.29, 0.717) is 43.0 Å². The molecule has 12 nitrogen and oxygen atoms in total. The zero-order chi connectivity index (χ0) is 30.8. The molecule has 0 radical (unpaired) electrons. The molecule has 0 unspecified atom stereocenters. The monoisotopic (exact) mass is 587 g/mol. The molecule has 2 fully saturated rings. The molecule has 1 aromatic rings. The minimum Gasteiger partial charge on any atom is -0.497 e. The largest absolute Gasteiger partial charge is 0.497 e. The first-order valence-electron chi connectivity index (χ1n) is 14.9. The topological polar surface area (TPSA) is 157 Å². The highest BCUT2D eigenvalue weighted by Gasteiger charge is 2.40. The van der Waals surface area contributed by atoms with Crippen LogP contribution in [0.1, 0.15) is 71.3 Å². The van der Waals surface area contributed by atoms with Gasteiger partial charge in [0.2, 0.25) is 29.5 Å². The number of rotatable bonds is 10. The van der Waals surface area contributed by atoms with Gasteiger partial charge in [-0.2, -0.15) is 0 Å². The summed E-state index contributed by atoms with van der Waals surface area (Å²) in [5, 5.41) is 18.9. The number of hydrogen-bond acceptors (Lipinski definition) is 7. The number of unbranched alkanes of at least 4 members (excludes halogenated alkanes) is 1. The van der Waals surface area contributed by atoms with Gasteiger partial charge in [0.25, 0.3) is 0 Å². The molecule has 2 aliphatic rings. The Balaban J connectivity index is 1.92. The number of methoxy groups -OCH3 is 1. The predicted molar refractivity (Wildman–Crippen MR) is 154 cm³/mol. The molecule has 1 aromatic carbocycles. The first kappa shape index (κ1) is 32.8. The van der Waals surface area contributed by atoms with Crippen molar-refractivity contribution in [1.29, 1.82) is 0 Å². The van der Waals surface area contributed by atoms with Gasteiger partial charge in [0.05, 0.1) is 7.11 Å². The van der Waals surface area contributed by atoms with Gasteiger partial charge in [-0.05, 0) is 62.1 Å². The third-order valence-electron chi connectivity index (χ3n) is 8.21. The molecule has 5 amide bonds. The molecule has 232 valence electrons. The number of carbonyl (C=O) groups excluding carboxylic acids is 5. The minimum absolute atomic E-state index is 0.0853. The number of benzene rings is 1. The minimum atomic E-state index is -1.01. The van der Waals surface area contributed by atoms with Crippen LogP contribution in [0, 0.1) is 5.92 Å². The van der Waals surface area contributed by atoms with Crippen molar-refractivity contribution < 1.29 is 33.9 Å². The third-order valence-corrected chi connectivity index (χ3v) is 8.21. The van der Waals surface area contributed by atoms with Crippen molar-refractivity contribution in [2.75, 3.05) is 20.2 Å². The highest BCUT2D eigenvalue weighted by molar-refractivity contribution is 5.97. The van der Waals surface area contributed by atoms with Gasteiger partial charge in [0.1, 0.15) is 29.9 Å². The summed E-state index contributed by atoms with van der Waals surface area (Å²) >= 11 is 0. The highest BCUT2D eigenvalue weighted by Crippen LogP contribution is 2.22. The second-order valence-electron chi connectivity index (χ2n) is 11.2. The molecule has 5 atom stereocenters. The molecule has 0 aliphatic carbocycles. The average molecular weight is 588 g/mol. The molecule has 2 saturated heterocycles. The maximum atomic E-state index is 13.9. The summed E-state index contributed by atoms with van der Waals surface area (Å²) in [6.07, 6.45) is 3.80. The van der Waals surface area contributed by atoms with Crippen LogP contribution in [0.4, 0.5) is 0 Å². The van der Waals surface area contributed by atoms with Gasteiger partial charge in [-0.3, -0.25) is 29.2 Å². The fourth-order valence-electron chi connectivity index (χ4n) is 5.37. The number of fused-ring (bicyclic) bond motifs is 1. The first-order chi connectivity index (χ1) is 20.0. The molecule has 4 N–H and O–H groups in total. The number of ether oxygens (including phenoxy) is 1. The van der Waals surface area contributed by atoms with Crippen LogP contribution in [-0.4, -0.2) is 89.1 Å². The second kappa shape index (κ2) is 15.5. The summed E-state index contributed by atoms with van der Waals surface area (Å²) < 4.78 is 5.23. The zero-order valence-electron chi connectivity index (χ0n) is 25.1. The summed E-state index contributed by atoms with van der Waals surface area (Å²) in [5.74, 6) is -1.72. The predicted octanol–water partition coefficient (Wildman–Crippen LogP) is 1.54. The van der Waals surface area contributed by atoms with Crippen LogP contribution < -0.4 is 20.7 Å². The number of hydroxylamine groups is 2. The summed E-state index contributed by atoms with van der Waals surface area (Å²) in [4.78, 5) is 67.7. The van der Waals surface area contributed by atoms with E-state index in [1.807, 2.05) is 13.8 Å². The van der Waals surface area contributed by atoms with Crippen molar-refractivity contribution in [2.45, 2.75) is 96.3 Å². The molecule has 0 aromatic heterocycles. The van der Waals surface area contributed by atoms with Gasteiger partial charge >= 0.3 is 0 Å². The Kier molecular flexibility index (Phi) is 12.1. The van der Waals surface area contributed by atoms with E-state index < -0.39 is 47.8 Å². The number of amides is 5. The number of nitrogens with one attached hydrogen (secondary N) is 3. The van der Waals surface area contributed by atoms with Crippen LogP contribution in [0.3, 0.4) is 0 Å². The fourth-order valence-corrected chi connectivity index (χ4v) is 5.37. The summed E-state index contributed by atoms with van der Waals surface area (Å²) in [6.45, 7) is 5.55. The second-order valence-corrected chi connectivity index (χ2v) is 11.2. The fraction of sp³-hybridized carbons (Fsp3) is 0.633. The van der Waals surface area contributed by atoms with Crippen molar-refractivity contribution >= 4 is 29.5 Å². The molecule has 0 saturated carbocycles. The van der Waals surface area contributed by atoms with Crippen LogP contribution in [0.15, 0.2) is 24.3 Å². The zero-order valence-corrected chi connectivity index (χ0v) is 25.1. The van der Waals surface area contributed by atoms with Gasteiger partial charge in [0.15, 0.2) is 0 Å². The van der Waals surface area contributed by atoms with Crippen LogP contribution in [-0.2, 0) is 30.4 Å². The molecule has 12 heteroatoms. The van der Waals surface area contributed by atoms with Gasteiger partial charge in [-0.1, -0.05) is 32.4 Å². The van der Waals surface area contributed by atoms with E-state index in [4.69, 9.17) is 4.74 Å². The van der Waals surface area contributed by atoms with E-state index in [1.54, 1.807) is 36.3 Å². The number of carbonyl (C=O) groups is 5. The van der Waals surface area contributed by atoms with Crippen LogP contribution in [0.5, 0.6) is 5.75 Å². The van der Waals surface area contributed by atoms with Crippen LogP contribution in [0.25, 0.3) is 0 Å². The normalized spacial score (nSPS) is 24.3. The Morgan fingerprint density at radius 2 is 1.69 bits per heavy atom. The van der Waals surface area contributed by atoms with Crippen LogP contribution >= 0.6 is 0 Å². The lowest BCUT2D eigenvalue weighted by molar-refractivity contribution is -0.162. The Morgan fingerprint density at radius 1 is 1.02 bits per heavy atom. The molecule has 0 spiro atoms. The van der Waals surface area contributed by atoms with Gasteiger partial charge in [-0.15, -0.1) is 0 Å². The summed E-state index contributed by atoms with van der Waals surface area (Å²) in [6, 6.07) is 3.57. The molecular formula is C30H45N5O7. The number of nitrogens with zero attached hydrogens (tertiary/aromatic N) is 2. The van der Waals surface area contributed by atoms with Crippen molar-refractivity contribution in [1.82, 2.24) is 25.9 Å². The molecule has 0 bridgehead atoms. The van der Waals surface area contributed by atoms with Gasteiger partial charge < -0.3 is 25.6 Å². The molecule has 3 rings (SSSR count). The maximum absolute atomic E-state index is 13.9. The maximum Gasteiger partial charge on any atom is 0.246 e. The Hall–Kier alpha value is -3.67. The highest BCUT2D eigenvalue weighted by atomic mass is 16.5. The molecule has 42 heavy (non-hydrogen) atoms. The van der Waals surface area contributed by atoms with E-state index in [1.165, 1.54) is 6.92 Å². The molecular weight excluding hydrogens is 542 g/mol. The summed E-state index contributed by atoms with van der Waals surface area (Å²) in [7, 11) is 1.56. The van der Waals surface area contributed by atoms with E-state index in [9.17, 15) is 29.2 Å². The third kappa shape index (κ3) is 8.67. The smallest absolute Gasteiger partial charge is 0.246 e. The lowest BCUT2D eigenvalue weighted by Gasteiger charge is -2.39. The number of piperidine rings is 1. The Labute approximate surface area is 247 Å². The van der Waals surface area contributed by atoms with Crippen LogP contribution in [0.2, 0.25) is 0 Å². The Bertz CT molecular complexity index is 1110. The SMILES string of the molecule is CC[C@@H](C)[C@@H]1NC(=O)[C@@H](Cc2ccc(OC)cc2)NC(=O)[C@H](CCCCN(O)C(C)=O)NC(=O)[C@H]2CCCCN2C1=O. The van der Waals surface area contributed by atoms with E-state index in [2.05, 4.69) is 16.0 Å². The van der Waals surface area contributed by atoms with Crippen molar-refractivity contribution in [3.05, 3.63) is 29.8 Å². The van der Waals surface area contributed by atoms with E-state index in [0.717, 1.165) is 18.4 Å². The quantitative estimate of drug-likeness (QED) is 0.184. The summed E-state index contributed by atoms with van der Waals surface area (Å²) in [5.41, 5.74) is 0.777. The van der Waals surface area contributed by atoms with E-state index >= 15 is 0 Å². The lowest BCUT2D eigenvalue weighted by Crippen LogP contribution is -2.64. The first-order valence-corrected chi connectivity index (χ1v) is 14.9. The van der Waals surface area contributed by atoms with Crippen molar-refractivity contribution in [2.24, 2.45) is 5.92 Å². The standard InChI is InChI=1S/C30H45N5O7/c1-5-19(2)26-30(40)34-16-8-7-11-25(34)29(39)31-23(10-6-9-17-35(41)20(3)36)27(37)32-24(28(38)33-26)18-21-12-14-22(42-4)15-13-21/h12-15,19,23-26,41H,5-11,16-18H2,1-4H3,(H,31,39)(H,32,37)(H,33,38)/t19-,23+,24-,25-,26+/m1/s1. The lowest BCUT2D eigenvalue weighted by atomic mass is 9.93. The number of hydrogen-bond donors (Lipinski definition) is 4. The van der Waals surface area contributed by atoms with Gasteiger partial charge in [0, 0.05) is 26.4 Å². The average Bonchev–Trinajstić information content (AvgIpc) is 2.99. The molecule has 2 aliphatic heterocycles. The van der Waals surface area contributed by atoms with Crippen molar-refractivity contribution in [3.63, 3.8) is 0 Å².